The Bertz CT molecular complexity index is 1350. The second kappa shape index (κ2) is 10.6. The third-order valence-electron chi connectivity index (χ3n) is 7.20. The third kappa shape index (κ3) is 6.41. The largest absolute Gasteiger partial charge is 0.403 e. The van der Waals surface area contributed by atoms with E-state index in [0.29, 0.717) is 11.8 Å². The van der Waals surface area contributed by atoms with Crippen molar-refractivity contribution in [2.24, 2.45) is 5.41 Å². The highest BCUT2D eigenvalue weighted by Gasteiger charge is 2.53. The average molecular weight is 550 g/mol. The SMILES string of the molecule is CC(N1CC(CC(=O)CC(C)(C)c2ccccn2)(CC(=O)c2cc(-c3ccc(F)cc3F)on2)C1)C(F)(F)F. The number of pyridine rings is 1. The molecule has 1 atom stereocenters. The number of aromatic nitrogens is 2. The number of ketones is 2. The summed E-state index contributed by atoms with van der Waals surface area (Å²) < 4.78 is 72.5. The number of halogens is 5. The van der Waals surface area contributed by atoms with Gasteiger partial charge in [0.1, 0.15) is 29.2 Å². The Kier molecular flexibility index (Phi) is 7.75. The first-order valence-corrected chi connectivity index (χ1v) is 12.4. The minimum atomic E-state index is -4.46. The van der Waals surface area contributed by atoms with E-state index >= 15 is 0 Å². The van der Waals surface area contributed by atoms with Gasteiger partial charge in [-0.25, -0.2) is 8.78 Å². The first kappa shape index (κ1) is 28.5. The van der Waals surface area contributed by atoms with E-state index in [1.807, 2.05) is 13.8 Å². The summed E-state index contributed by atoms with van der Waals surface area (Å²) in [5, 5.41) is 3.70. The summed E-state index contributed by atoms with van der Waals surface area (Å²) in [6, 6.07) is 7.67. The molecule has 1 aliphatic rings. The zero-order valence-electron chi connectivity index (χ0n) is 21.7. The van der Waals surface area contributed by atoms with E-state index in [9.17, 15) is 31.5 Å². The molecule has 6 nitrogen and oxygen atoms in total. The minimum absolute atomic E-state index is 0.0900. The Morgan fingerprint density at radius 3 is 2.41 bits per heavy atom. The first-order valence-electron chi connectivity index (χ1n) is 12.4. The molecule has 0 aliphatic carbocycles. The molecule has 0 bridgehead atoms. The van der Waals surface area contributed by atoms with Crippen LogP contribution < -0.4 is 0 Å². The first-order chi connectivity index (χ1) is 18.2. The van der Waals surface area contributed by atoms with Crippen LogP contribution in [-0.2, 0) is 10.2 Å². The molecular formula is C28H28F5N3O3. The van der Waals surface area contributed by atoms with E-state index in [4.69, 9.17) is 4.52 Å². The number of benzene rings is 1. The van der Waals surface area contributed by atoms with Crippen LogP contribution in [0, 0.1) is 17.0 Å². The summed E-state index contributed by atoms with van der Waals surface area (Å²) in [5.41, 5.74) is -1.21. The Hall–Kier alpha value is -3.47. The van der Waals surface area contributed by atoms with Crippen LogP contribution in [0.4, 0.5) is 22.0 Å². The van der Waals surface area contributed by atoms with Gasteiger partial charge in [0.05, 0.1) is 5.56 Å². The molecule has 1 unspecified atom stereocenters. The van der Waals surface area contributed by atoms with Gasteiger partial charge < -0.3 is 4.52 Å². The van der Waals surface area contributed by atoms with E-state index in [2.05, 4.69) is 10.1 Å². The number of nitrogens with zero attached hydrogens (tertiary/aromatic N) is 3. The molecular weight excluding hydrogens is 521 g/mol. The molecule has 1 fully saturated rings. The van der Waals surface area contributed by atoms with Crippen LogP contribution >= 0.6 is 0 Å². The van der Waals surface area contributed by atoms with Crippen molar-refractivity contribution in [2.75, 3.05) is 13.1 Å². The Morgan fingerprint density at radius 1 is 1.08 bits per heavy atom. The number of rotatable bonds is 10. The van der Waals surface area contributed by atoms with E-state index < -0.39 is 40.5 Å². The predicted octanol–water partition coefficient (Wildman–Crippen LogP) is 6.17. The van der Waals surface area contributed by atoms with E-state index in [-0.39, 0.29) is 55.2 Å². The number of carbonyl (C=O) groups is 2. The summed E-state index contributed by atoms with van der Waals surface area (Å²) >= 11 is 0. The minimum Gasteiger partial charge on any atom is -0.355 e. The van der Waals surface area contributed by atoms with Gasteiger partial charge in [0.2, 0.25) is 0 Å². The molecule has 39 heavy (non-hydrogen) atoms. The normalized spacial score (nSPS) is 16.5. The number of alkyl halides is 3. The lowest BCUT2D eigenvalue weighted by Crippen LogP contribution is -2.63. The Labute approximate surface area is 222 Å². The van der Waals surface area contributed by atoms with Gasteiger partial charge in [-0.2, -0.15) is 13.2 Å². The lowest BCUT2D eigenvalue weighted by molar-refractivity contribution is -0.204. The molecule has 208 valence electrons. The zero-order valence-corrected chi connectivity index (χ0v) is 21.7. The second-order valence-electron chi connectivity index (χ2n) is 10.9. The standard InChI is InChI=1S/C28H28F5N3O3/c1-17(28(31,32)33)36-15-27(16-36,13-19(37)12-26(2,3)25-6-4-5-9-34-25)14-23(38)22-11-24(39-35-22)20-8-7-18(29)10-21(20)30/h4-11,17H,12-16H2,1-3H3. The van der Waals surface area contributed by atoms with E-state index in [1.54, 1.807) is 24.4 Å². The number of hydrogen-bond donors (Lipinski definition) is 0. The van der Waals surface area contributed by atoms with Crippen molar-refractivity contribution in [1.29, 1.82) is 0 Å². The molecule has 2 aromatic heterocycles. The maximum atomic E-state index is 14.1. The predicted molar refractivity (Wildman–Crippen MR) is 132 cm³/mol. The molecule has 1 saturated heterocycles. The van der Waals surface area contributed by atoms with Crippen molar-refractivity contribution in [3.63, 3.8) is 0 Å². The highest BCUT2D eigenvalue weighted by molar-refractivity contribution is 5.96. The number of likely N-dealkylation sites (tertiary alicyclic amines) is 1. The second-order valence-corrected chi connectivity index (χ2v) is 10.9. The van der Waals surface area contributed by atoms with Crippen LogP contribution in [0.15, 0.2) is 53.2 Å². The molecule has 0 spiro atoms. The van der Waals surface area contributed by atoms with Gasteiger partial charge >= 0.3 is 6.18 Å². The number of carbonyl (C=O) groups excluding carboxylic acids is 2. The summed E-state index contributed by atoms with van der Waals surface area (Å²) in [6.07, 6.45) is -3.10. The van der Waals surface area contributed by atoms with Gasteiger partial charge in [-0.3, -0.25) is 19.5 Å². The molecule has 0 radical (unpaired) electrons. The summed E-state index contributed by atoms with van der Waals surface area (Å²) in [6.45, 7) is 4.54. The lowest BCUT2D eigenvalue weighted by Gasteiger charge is -2.52. The maximum absolute atomic E-state index is 14.1. The zero-order chi connectivity index (χ0) is 28.6. The highest BCUT2D eigenvalue weighted by Crippen LogP contribution is 2.43. The van der Waals surface area contributed by atoms with Crippen molar-refractivity contribution in [1.82, 2.24) is 15.0 Å². The van der Waals surface area contributed by atoms with Crippen LogP contribution in [0.3, 0.4) is 0 Å². The van der Waals surface area contributed by atoms with Crippen molar-refractivity contribution in [2.45, 2.75) is 57.7 Å². The fourth-order valence-corrected chi connectivity index (χ4v) is 5.06. The molecule has 1 aromatic carbocycles. The van der Waals surface area contributed by atoms with Crippen LogP contribution in [0.2, 0.25) is 0 Å². The Balaban J connectivity index is 1.52. The van der Waals surface area contributed by atoms with Crippen molar-refractivity contribution in [3.8, 4) is 11.3 Å². The maximum Gasteiger partial charge on any atom is 0.403 e. The van der Waals surface area contributed by atoms with Crippen LogP contribution in [0.5, 0.6) is 0 Å². The van der Waals surface area contributed by atoms with Gasteiger partial charge in [-0.05, 0) is 31.2 Å². The van der Waals surface area contributed by atoms with Gasteiger partial charge in [-0.1, -0.05) is 25.1 Å². The lowest BCUT2D eigenvalue weighted by atomic mass is 9.69. The summed E-state index contributed by atoms with van der Waals surface area (Å²) in [4.78, 5) is 31.9. The quantitative estimate of drug-likeness (QED) is 0.223. The van der Waals surface area contributed by atoms with E-state index in [1.165, 1.54) is 11.0 Å². The molecule has 0 amide bonds. The molecule has 0 saturated carbocycles. The monoisotopic (exact) mass is 549 g/mol. The molecule has 3 heterocycles. The number of Topliss-reactive ketones (excluding diaryl/α,β-unsaturated/α-hetero) is 2. The number of hydrogen-bond acceptors (Lipinski definition) is 6. The summed E-state index contributed by atoms with van der Waals surface area (Å²) in [5.74, 6) is -2.54. The van der Waals surface area contributed by atoms with Crippen LogP contribution in [0.25, 0.3) is 11.3 Å². The fraction of sp³-hybridized carbons (Fsp3) is 0.429. The molecule has 3 aromatic rings. The fourth-order valence-electron chi connectivity index (χ4n) is 5.06. The van der Waals surface area contributed by atoms with Gasteiger partial charge in [0, 0.05) is 67.2 Å². The average Bonchev–Trinajstić information content (AvgIpc) is 3.31. The van der Waals surface area contributed by atoms with Crippen molar-refractivity contribution >= 4 is 11.6 Å². The summed E-state index contributed by atoms with van der Waals surface area (Å²) in [7, 11) is 0. The van der Waals surface area contributed by atoms with Crippen LogP contribution in [-0.4, -0.2) is 51.9 Å². The molecule has 11 heteroatoms. The Morgan fingerprint density at radius 2 is 1.79 bits per heavy atom. The highest BCUT2D eigenvalue weighted by atomic mass is 19.4. The van der Waals surface area contributed by atoms with Crippen molar-refractivity contribution in [3.05, 3.63) is 71.7 Å². The third-order valence-corrected chi connectivity index (χ3v) is 7.20. The van der Waals surface area contributed by atoms with Gasteiger partial charge in [0.25, 0.3) is 0 Å². The smallest absolute Gasteiger partial charge is 0.355 e. The molecule has 0 N–H and O–H groups in total. The topological polar surface area (TPSA) is 76.3 Å². The molecule has 4 rings (SSSR count). The van der Waals surface area contributed by atoms with E-state index in [0.717, 1.165) is 19.1 Å². The molecule has 1 aliphatic heterocycles. The van der Waals surface area contributed by atoms with Crippen LogP contribution in [0.1, 0.15) is 56.2 Å². The van der Waals surface area contributed by atoms with Gasteiger partial charge in [0.15, 0.2) is 11.5 Å². The van der Waals surface area contributed by atoms with Gasteiger partial charge in [-0.15, -0.1) is 0 Å². The van der Waals surface area contributed by atoms with Crippen molar-refractivity contribution < 1.29 is 36.1 Å².